The number of hydrogen-bond acceptors (Lipinski definition) is 6. The predicted molar refractivity (Wildman–Crippen MR) is 98.3 cm³/mol. The molecule has 2 amide bonds. The summed E-state index contributed by atoms with van der Waals surface area (Å²) < 4.78 is 1.58. The molecule has 0 spiro atoms. The molecule has 0 radical (unpaired) electrons. The standard InChI is InChI=1S/C17H16N6O2S/c1-18-16(25)12-7-9-13(10-8-12)19-15(24)11-26-17-20-21-22-23(17)14-5-3-2-4-6-14/h2-10H,11H2,1H3,(H,18,25)(H,19,24). The van der Waals surface area contributed by atoms with Crippen LogP contribution in [0.3, 0.4) is 0 Å². The molecule has 8 nitrogen and oxygen atoms in total. The maximum absolute atomic E-state index is 12.1. The van der Waals surface area contributed by atoms with E-state index in [2.05, 4.69) is 26.2 Å². The number of anilines is 1. The molecule has 1 aromatic heterocycles. The van der Waals surface area contributed by atoms with Gasteiger partial charge in [-0.3, -0.25) is 9.59 Å². The van der Waals surface area contributed by atoms with Crippen molar-refractivity contribution in [3.05, 3.63) is 60.2 Å². The topological polar surface area (TPSA) is 102 Å². The molecule has 9 heteroatoms. The van der Waals surface area contributed by atoms with E-state index in [1.54, 1.807) is 36.0 Å². The average molecular weight is 368 g/mol. The van der Waals surface area contributed by atoms with Crippen LogP contribution >= 0.6 is 11.8 Å². The number of rotatable bonds is 6. The fourth-order valence-electron chi connectivity index (χ4n) is 2.18. The molecule has 0 bridgehead atoms. The van der Waals surface area contributed by atoms with E-state index in [1.807, 2.05) is 30.3 Å². The highest BCUT2D eigenvalue weighted by molar-refractivity contribution is 7.99. The number of carbonyl (C=O) groups is 2. The summed E-state index contributed by atoms with van der Waals surface area (Å²) in [5.41, 5.74) is 1.97. The first-order chi connectivity index (χ1) is 12.7. The van der Waals surface area contributed by atoms with Gasteiger partial charge in [0.1, 0.15) is 0 Å². The molecule has 0 saturated heterocycles. The second kappa shape index (κ2) is 8.26. The Bertz CT molecular complexity index is 895. The highest BCUT2D eigenvalue weighted by Gasteiger charge is 2.12. The van der Waals surface area contributed by atoms with Crippen LogP contribution in [0.4, 0.5) is 5.69 Å². The minimum atomic E-state index is -0.190. The van der Waals surface area contributed by atoms with Crippen LogP contribution in [0.5, 0.6) is 0 Å². The van der Waals surface area contributed by atoms with E-state index in [-0.39, 0.29) is 17.6 Å². The predicted octanol–water partition coefficient (Wildman–Crippen LogP) is 1.75. The van der Waals surface area contributed by atoms with Gasteiger partial charge >= 0.3 is 0 Å². The van der Waals surface area contributed by atoms with Gasteiger partial charge < -0.3 is 10.6 Å². The lowest BCUT2D eigenvalue weighted by Gasteiger charge is -2.06. The Morgan fingerprint density at radius 1 is 1.08 bits per heavy atom. The number of hydrogen-bond donors (Lipinski definition) is 2. The largest absolute Gasteiger partial charge is 0.355 e. The van der Waals surface area contributed by atoms with E-state index in [9.17, 15) is 9.59 Å². The first kappa shape index (κ1) is 17.6. The van der Waals surface area contributed by atoms with E-state index in [4.69, 9.17) is 0 Å². The van der Waals surface area contributed by atoms with Crippen molar-refractivity contribution in [2.75, 3.05) is 18.1 Å². The second-order valence-electron chi connectivity index (χ2n) is 5.20. The summed E-state index contributed by atoms with van der Waals surface area (Å²) in [6.45, 7) is 0. The smallest absolute Gasteiger partial charge is 0.251 e. The van der Waals surface area contributed by atoms with E-state index >= 15 is 0 Å². The number of aromatic nitrogens is 4. The molecule has 26 heavy (non-hydrogen) atoms. The van der Waals surface area contributed by atoms with Crippen molar-refractivity contribution in [2.45, 2.75) is 5.16 Å². The van der Waals surface area contributed by atoms with Gasteiger partial charge in [0.05, 0.1) is 11.4 Å². The second-order valence-corrected chi connectivity index (χ2v) is 6.14. The van der Waals surface area contributed by atoms with Crippen LogP contribution in [0, 0.1) is 0 Å². The van der Waals surface area contributed by atoms with Crippen molar-refractivity contribution < 1.29 is 9.59 Å². The van der Waals surface area contributed by atoms with Gasteiger partial charge in [-0.25, -0.2) is 0 Å². The van der Waals surface area contributed by atoms with Crippen molar-refractivity contribution in [1.82, 2.24) is 25.5 Å². The zero-order valence-corrected chi connectivity index (χ0v) is 14.7. The van der Waals surface area contributed by atoms with Crippen LogP contribution in [-0.4, -0.2) is 44.8 Å². The summed E-state index contributed by atoms with van der Waals surface area (Å²) in [5, 5.41) is 17.4. The molecule has 0 aliphatic carbocycles. The summed E-state index contributed by atoms with van der Waals surface area (Å²) in [5.74, 6) is -0.207. The SMILES string of the molecule is CNC(=O)c1ccc(NC(=O)CSc2nnnn2-c2ccccc2)cc1. The normalized spacial score (nSPS) is 10.3. The molecule has 2 N–H and O–H groups in total. The van der Waals surface area contributed by atoms with Gasteiger partial charge in [-0.15, -0.1) is 5.10 Å². The van der Waals surface area contributed by atoms with E-state index in [0.717, 1.165) is 5.69 Å². The molecule has 0 atom stereocenters. The number of para-hydroxylation sites is 1. The van der Waals surface area contributed by atoms with Crippen LogP contribution in [0.1, 0.15) is 10.4 Å². The van der Waals surface area contributed by atoms with Crippen molar-refractivity contribution in [3.8, 4) is 5.69 Å². The summed E-state index contributed by atoms with van der Waals surface area (Å²) in [7, 11) is 1.57. The summed E-state index contributed by atoms with van der Waals surface area (Å²) in [4.78, 5) is 23.6. The summed E-state index contributed by atoms with van der Waals surface area (Å²) >= 11 is 1.24. The molecule has 3 aromatic rings. The van der Waals surface area contributed by atoms with Crippen LogP contribution in [0.25, 0.3) is 5.69 Å². The van der Waals surface area contributed by atoms with Crippen LogP contribution in [0.15, 0.2) is 59.8 Å². The Morgan fingerprint density at radius 3 is 2.50 bits per heavy atom. The maximum atomic E-state index is 12.1. The van der Waals surface area contributed by atoms with Crippen molar-refractivity contribution in [1.29, 1.82) is 0 Å². The lowest BCUT2D eigenvalue weighted by molar-refractivity contribution is -0.113. The molecule has 0 fully saturated rings. The Morgan fingerprint density at radius 2 is 1.81 bits per heavy atom. The highest BCUT2D eigenvalue weighted by Crippen LogP contribution is 2.18. The Labute approximate surface area is 154 Å². The van der Waals surface area contributed by atoms with E-state index in [0.29, 0.717) is 16.4 Å². The van der Waals surface area contributed by atoms with Gasteiger partial charge in [-0.2, -0.15) is 4.68 Å². The van der Waals surface area contributed by atoms with Crippen LogP contribution < -0.4 is 10.6 Å². The molecule has 0 aliphatic heterocycles. The van der Waals surface area contributed by atoms with Gasteiger partial charge in [-0.05, 0) is 46.8 Å². The lowest BCUT2D eigenvalue weighted by atomic mass is 10.2. The van der Waals surface area contributed by atoms with Gasteiger partial charge in [0, 0.05) is 18.3 Å². The summed E-state index contributed by atoms with van der Waals surface area (Å²) in [6, 6.07) is 16.1. The minimum Gasteiger partial charge on any atom is -0.355 e. The van der Waals surface area contributed by atoms with E-state index in [1.165, 1.54) is 11.8 Å². The van der Waals surface area contributed by atoms with E-state index < -0.39 is 0 Å². The molecule has 0 saturated carbocycles. The minimum absolute atomic E-state index is 0.157. The third kappa shape index (κ3) is 4.25. The zero-order valence-electron chi connectivity index (χ0n) is 13.9. The number of thioether (sulfide) groups is 1. The third-order valence-electron chi connectivity index (χ3n) is 3.43. The van der Waals surface area contributed by atoms with Gasteiger partial charge in [0.25, 0.3) is 5.91 Å². The fraction of sp³-hybridized carbons (Fsp3) is 0.118. The van der Waals surface area contributed by atoms with Gasteiger partial charge in [0.2, 0.25) is 11.1 Å². The number of amides is 2. The molecule has 1 heterocycles. The molecule has 0 unspecified atom stereocenters. The zero-order chi connectivity index (χ0) is 18.4. The number of nitrogens with one attached hydrogen (secondary N) is 2. The molecule has 3 rings (SSSR count). The Hall–Kier alpha value is -3.20. The third-order valence-corrected chi connectivity index (χ3v) is 4.35. The Balaban J connectivity index is 1.58. The van der Waals surface area contributed by atoms with Crippen LogP contribution in [-0.2, 0) is 4.79 Å². The van der Waals surface area contributed by atoms with Gasteiger partial charge in [0.15, 0.2) is 0 Å². The maximum Gasteiger partial charge on any atom is 0.251 e. The number of nitrogens with zero attached hydrogens (tertiary/aromatic N) is 4. The molecular weight excluding hydrogens is 352 g/mol. The monoisotopic (exact) mass is 368 g/mol. The van der Waals surface area contributed by atoms with Gasteiger partial charge in [-0.1, -0.05) is 30.0 Å². The van der Waals surface area contributed by atoms with Crippen LogP contribution in [0.2, 0.25) is 0 Å². The fourth-order valence-corrected chi connectivity index (χ4v) is 2.87. The molecule has 2 aromatic carbocycles. The highest BCUT2D eigenvalue weighted by atomic mass is 32.2. The average Bonchev–Trinajstić information content (AvgIpc) is 3.16. The van der Waals surface area contributed by atoms with Crippen molar-refractivity contribution in [2.24, 2.45) is 0 Å². The van der Waals surface area contributed by atoms with Crippen molar-refractivity contribution >= 4 is 29.3 Å². The number of tetrazole rings is 1. The molecular formula is C17H16N6O2S. The quantitative estimate of drug-likeness (QED) is 0.643. The van der Waals surface area contributed by atoms with Crippen molar-refractivity contribution in [3.63, 3.8) is 0 Å². The summed E-state index contributed by atoms with van der Waals surface area (Å²) in [6.07, 6.45) is 0. The molecule has 132 valence electrons. The first-order valence-corrected chi connectivity index (χ1v) is 8.74. The number of carbonyl (C=O) groups excluding carboxylic acids is 2. The lowest BCUT2D eigenvalue weighted by Crippen LogP contribution is -2.18. The first-order valence-electron chi connectivity index (χ1n) is 7.76. The number of benzene rings is 2. The molecule has 0 aliphatic rings. The Kier molecular flexibility index (Phi) is 5.59.